The molecule has 1 atom stereocenters. The van der Waals surface area contributed by atoms with Gasteiger partial charge in [0.2, 0.25) is 0 Å². The Bertz CT molecular complexity index is 780. The van der Waals surface area contributed by atoms with Gasteiger partial charge in [0.05, 0.1) is 6.61 Å². The zero-order chi connectivity index (χ0) is 39.3. The van der Waals surface area contributed by atoms with Crippen LogP contribution in [0, 0.1) is 0 Å². The maximum atomic E-state index is 12.2. The van der Waals surface area contributed by atoms with E-state index >= 15 is 0 Å². The highest BCUT2D eigenvalue weighted by Crippen LogP contribution is 2.16. The molecule has 0 spiro atoms. The second kappa shape index (κ2) is 46.0. The molecule has 0 aliphatic rings. The third kappa shape index (κ3) is 43.4. The highest BCUT2D eigenvalue weighted by molar-refractivity contribution is 5.70. The van der Waals surface area contributed by atoms with Crippen LogP contribution in [0.2, 0.25) is 0 Å². The predicted octanol–water partition coefficient (Wildman–Crippen LogP) is 15.6. The first-order valence-corrected chi connectivity index (χ1v) is 24.2. The number of carbonyl (C=O) groups excluding carboxylic acids is 2. The lowest BCUT2D eigenvalue weighted by atomic mass is 10.0. The Labute approximate surface area is 337 Å². The van der Waals surface area contributed by atoms with Crippen LogP contribution in [-0.2, 0) is 19.1 Å². The van der Waals surface area contributed by atoms with Crippen LogP contribution in [0.5, 0.6) is 0 Å². The molecule has 0 unspecified atom stereocenters. The fourth-order valence-electron chi connectivity index (χ4n) is 7.38. The van der Waals surface area contributed by atoms with Crippen molar-refractivity contribution < 1.29 is 24.2 Å². The first kappa shape index (κ1) is 52.6. The smallest absolute Gasteiger partial charge is 0.306 e. The van der Waals surface area contributed by atoms with Crippen molar-refractivity contribution in [1.82, 2.24) is 0 Å². The summed E-state index contributed by atoms with van der Waals surface area (Å²) < 4.78 is 10.7. The van der Waals surface area contributed by atoms with Crippen LogP contribution in [0.3, 0.4) is 0 Å². The van der Waals surface area contributed by atoms with Crippen molar-refractivity contribution in [1.29, 1.82) is 0 Å². The number of carbonyl (C=O) groups is 2. The largest absolute Gasteiger partial charge is 0.462 e. The van der Waals surface area contributed by atoms with E-state index in [1.54, 1.807) is 0 Å². The molecule has 0 saturated heterocycles. The molecule has 0 aliphatic heterocycles. The highest BCUT2D eigenvalue weighted by atomic mass is 16.6. The topological polar surface area (TPSA) is 72.8 Å². The standard InChI is InChI=1S/C49H94O5/c1-3-5-7-9-11-13-15-17-19-21-23-24-26-28-30-32-34-36-38-40-42-44-49(52)54-47(45-50)46-53-48(51)43-41-39-37-35-33-31-29-27-25-22-20-18-16-14-12-10-8-6-4-2/h17,19,47,50H,3-16,18,20-46H2,1-2H3/b19-17+/t47-/m0/s1. The molecule has 0 aromatic heterocycles. The van der Waals surface area contributed by atoms with E-state index in [9.17, 15) is 14.7 Å². The number of allylic oxidation sites excluding steroid dienone is 2. The molecule has 0 bridgehead atoms. The lowest BCUT2D eigenvalue weighted by molar-refractivity contribution is -0.161. The van der Waals surface area contributed by atoms with Crippen LogP contribution in [0.25, 0.3) is 0 Å². The number of hydrogen-bond donors (Lipinski definition) is 1. The second-order valence-corrected chi connectivity index (χ2v) is 16.5. The van der Waals surface area contributed by atoms with Crippen LogP contribution in [0.15, 0.2) is 12.2 Å². The number of aliphatic hydroxyl groups is 1. The van der Waals surface area contributed by atoms with Crippen molar-refractivity contribution in [2.45, 2.75) is 277 Å². The first-order valence-electron chi connectivity index (χ1n) is 24.2. The van der Waals surface area contributed by atoms with Crippen molar-refractivity contribution in [3.05, 3.63) is 12.2 Å². The Hall–Kier alpha value is -1.36. The quantitative estimate of drug-likeness (QED) is 0.0380. The van der Waals surface area contributed by atoms with Gasteiger partial charge in [-0.15, -0.1) is 0 Å². The van der Waals surface area contributed by atoms with E-state index in [-0.39, 0.29) is 25.2 Å². The van der Waals surface area contributed by atoms with E-state index in [1.165, 1.54) is 212 Å². The van der Waals surface area contributed by atoms with Crippen LogP contribution in [0.1, 0.15) is 271 Å². The fraction of sp³-hybridized carbons (Fsp3) is 0.918. The van der Waals surface area contributed by atoms with E-state index in [0.717, 1.165) is 32.1 Å². The zero-order valence-corrected chi connectivity index (χ0v) is 36.5. The van der Waals surface area contributed by atoms with Gasteiger partial charge in [-0.1, -0.05) is 231 Å². The minimum atomic E-state index is -0.766. The summed E-state index contributed by atoms with van der Waals surface area (Å²) in [6.07, 6.45) is 54.4. The van der Waals surface area contributed by atoms with Crippen molar-refractivity contribution in [2.75, 3.05) is 13.2 Å². The van der Waals surface area contributed by atoms with E-state index < -0.39 is 6.10 Å². The molecule has 0 aromatic carbocycles. The van der Waals surface area contributed by atoms with Crippen LogP contribution in [0.4, 0.5) is 0 Å². The number of esters is 2. The molecular formula is C49H94O5. The van der Waals surface area contributed by atoms with Gasteiger partial charge in [-0.25, -0.2) is 0 Å². The first-order chi connectivity index (χ1) is 26.6. The van der Waals surface area contributed by atoms with Gasteiger partial charge in [-0.3, -0.25) is 9.59 Å². The summed E-state index contributed by atoms with van der Waals surface area (Å²) in [4.78, 5) is 24.4. The van der Waals surface area contributed by atoms with Gasteiger partial charge in [0, 0.05) is 12.8 Å². The van der Waals surface area contributed by atoms with Gasteiger partial charge in [0.1, 0.15) is 6.61 Å². The molecule has 5 heteroatoms. The molecule has 320 valence electrons. The van der Waals surface area contributed by atoms with Crippen molar-refractivity contribution in [3.8, 4) is 0 Å². The summed E-state index contributed by atoms with van der Waals surface area (Å²) in [6.45, 7) is 4.18. The molecule has 0 aromatic rings. The summed E-state index contributed by atoms with van der Waals surface area (Å²) in [6, 6.07) is 0. The van der Waals surface area contributed by atoms with E-state index in [2.05, 4.69) is 26.0 Å². The molecule has 0 radical (unpaired) electrons. The monoisotopic (exact) mass is 763 g/mol. The zero-order valence-electron chi connectivity index (χ0n) is 36.5. The van der Waals surface area contributed by atoms with Gasteiger partial charge >= 0.3 is 11.9 Å². The molecule has 0 heterocycles. The van der Waals surface area contributed by atoms with Gasteiger partial charge in [-0.2, -0.15) is 0 Å². The van der Waals surface area contributed by atoms with E-state index in [1.807, 2.05) is 0 Å². The average molecular weight is 763 g/mol. The van der Waals surface area contributed by atoms with Crippen LogP contribution < -0.4 is 0 Å². The van der Waals surface area contributed by atoms with Gasteiger partial charge in [-0.05, 0) is 38.5 Å². The molecule has 0 amide bonds. The minimum absolute atomic E-state index is 0.0590. The maximum Gasteiger partial charge on any atom is 0.306 e. The molecule has 0 saturated carbocycles. The highest BCUT2D eigenvalue weighted by Gasteiger charge is 2.16. The third-order valence-electron chi connectivity index (χ3n) is 11.1. The van der Waals surface area contributed by atoms with Crippen LogP contribution in [-0.4, -0.2) is 36.4 Å². The molecule has 0 fully saturated rings. The fourth-order valence-corrected chi connectivity index (χ4v) is 7.38. The van der Waals surface area contributed by atoms with E-state index in [4.69, 9.17) is 9.47 Å². The van der Waals surface area contributed by atoms with Gasteiger partial charge in [0.25, 0.3) is 0 Å². The summed E-state index contributed by atoms with van der Waals surface area (Å²) in [5, 5.41) is 9.61. The summed E-state index contributed by atoms with van der Waals surface area (Å²) >= 11 is 0. The summed E-state index contributed by atoms with van der Waals surface area (Å²) in [7, 11) is 0. The Morgan fingerprint density at radius 3 is 1.00 bits per heavy atom. The number of rotatable bonds is 45. The summed E-state index contributed by atoms with van der Waals surface area (Å²) in [5.74, 6) is -0.574. The lowest BCUT2D eigenvalue weighted by Gasteiger charge is -2.15. The third-order valence-corrected chi connectivity index (χ3v) is 11.1. The van der Waals surface area contributed by atoms with Crippen molar-refractivity contribution in [3.63, 3.8) is 0 Å². The normalized spacial score (nSPS) is 12.1. The predicted molar refractivity (Wildman–Crippen MR) is 233 cm³/mol. The number of aliphatic hydroxyl groups excluding tert-OH is 1. The van der Waals surface area contributed by atoms with Gasteiger partial charge in [0.15, 0.2) is 6.10 Å². The molecule has 5 nitrogen and oxygen atoms in total. The molecule has 0 rings (SSSR count). The van der Waals surface area contributed by atoms with Gasteiger partial charge < -0.3 is 14.6 Å². The summed E-state index contributed by atoms with van der Waals surface area (Å²) in [5.41, 5.74) is 0. The minimum Gasteiger partial charge on any atom is -0.462 e. The van der Waals surface area contributed by atoms with Crippen molar-refractivity contribution >= 4 is 11.9 Å². The molecule has 1 N–H and O–H groups in total. The molecular weight excluding hydrogens is 669 g/mol. The van der Waals surface area contributed by atoms with Crippen molar-refractivity contribution in [2.24, 2.45) is 0 Å². The number of ether oxygens (including phenoxy) is 2. The Kier molecular flexibility index (Phi) is 44.9. The Morgan fingerprint density at radius 1 is 0.407 bits per heavy atom. The maximum absolute atomic E-state index is 12.2. The molecule has 0 aliphatic carbocycles. The Morgan fingerprint density at radius 2 is 0.685 bits per heavy atom. The average Bonchev–Trinajstić information content (AvgIpc) is 3.17. The Balaban J connectivity index is 3.46. The second-order valence-electron chi connectivity index (χ2n) is 16.5. The lowest BCUT2D eigenvalue weighted by Crippen LogP contribution is -2.28. The molecule has 54 heavy (non-hydrogen) atoms. The van der Waals surface area contributed by atoms with Crippen LogP contribution >= 0.6 is 0 Å². The number of unbranched alkanes of at least 4 members (excludes halogenated alkanes) is 35. The van der Waals surface area contributed by atoms with E-state index in [0.29, 0.717) is 12.8 Å². The SMILES string of the molecule is CCCCCCCC/C=C/CCCCCCCCCCCCCC(=O)O[C@@H](CO)COC(=O)CCCCCCCCCCCCCCCCCCCCC. The number of hydrogen-bond acceptors (Lipinski definition) is 5.